The summed E-state index contributed by atoms with van der Waals surface area (Å²) in [6.45, 7) is 2.04. The second-order valence-corrected chi connectivity index (χ2v) is 11.0. The molecule has 0 aromatic heterocycles. The molecule has 1 unspecified atom stereocenters. The lowest BCUT2D eigenvalue weighted by molar-refractivity contribution is -0.137. The van der Waals surface area contributed by atoms with Gasteiger partial charge in [-0.05, 0) is 68.0 Å². The Hall–Kier alpha value is -1.99. The fraction of sp³-hybridized carbons (Fsp3) is 0.581. The number of aryl methyl sites for hydroxylation is 1. The van der Waals surface area contributed by atoms with Crippen LogP contribution in [0, 0.1) is 0 Å². The maximum absolute atomic E-state index is 10.5. The average Bonchev–Trinajstić information content (AvgIpc) is 2.91. The van der Waals surface area contributed by atoms with Gasteiger partial charge in [0.05, 0.1) is 28.4 Å². The van der Waals surface area contributed by atoms with E-state index in [2.05, 4.69) is 23.5 Å². The topological polar surface area (TPSA) is 105 Å². The monoisotopic (exact) mass is 580 g/mol. The molecular formula is C31H46Cl2N2O4. The molecule has 0 aliphatic rings. The number of nitrogens with two attached hydrogens (primary N) is 1. The maximum Gasteiger partial charge on any atom is 0.303 e. The summed E-state index contributed by atoms with van der Waals surface area (Å²) >= 11 is 12.1. The van der Waals surface area contributed by atoms with E-state index in [9.17, 15) is 9.90 Å². The highest BCUT2D eigenvalue weighted by atomic mass is 35.5. The van der Waals surface area contributed by atoms with Crippen LogP contribution in [-0.2, 0) is 11.2 Å². The molecule has 0 amide bonds. The number of aliphatic hydroxyl groups is 1. The minimum atomic E-state index is -0.692. The number of benzene rings is 2. The average molecular weight is 582 g/mol. The van der Waals surface area contributed by atoms with Crippen LogP contribution in [0.5, 0.6) is 5.75 Å². The van der Waals surface area contributed by atoms with Crippen molar-refractivity contribution in [1.29, 1.82) is 0 Å². The third-order valence-corrected chi connectivity index (χ3v) is 7.51. The summed E-state index contributed by atoms with van der Waals surface area (Å²) in [4.78, 5) is 10.5. The van der Waals surface area contributed by atoms with E-state index in [4.69, 9.17) is 38.8 Å². The molecule has 2 aromatic carbocycles. The van der Waals surface area contributed by atoms with Crippen molar-refractivity contribution in [2.75, 3.05) is 25.4 Å². The molecule has 39 heavy (non-hydrogen) atoms. The van der Waals surface area contributed by atoms with E-state index < -0.39 is 12.1 Å². The molecule has 5 N–H and O–H groups in total. The lowest BCUT2D eigenvalue weighted by Gasteiger charge is -2.14. The number of unbranched alkanes of at least 4 members (excludes halogenated alkanes) is 10. The predicted octanol–water partition coefficient (Wildman–Crippen LogP) is 7.98. The van der Waals surface area contributed by atoms with Gasteiger partial charge >= 0.3 is 5.97 Å². The second-order valence-electron chi connectivity index (χ2n) is 10.2. The minimum absolute atomic E-state index is 0.294. The largest absolute Gasteiger partial charge is 0.493 e. The van der Waals surface area contributed by atoms with Crippen molar-refractivity contribution in [2.45, 2.75) is 96.0 Å². The Kier molecular flexibility index (Phi) is 17.0. The summed E-state index contributed by atoms with van der Waals surface area (Å²) in [6.07, 6.45) is 13.9. The normalized spacial score (nSPS) is 12.0. The van der Waals surface area contributed by atoms with Crippen molar-refractivity contribution in [3.05, 3.63) is 57.6 Å². The van der Waals surface area contributed by atoms with Gasteiger partial charge in [-0.3, -0.25) is 4.79 Å². The molecule has 0 radical (unpaired) electrons. The molecule has 0 aliphatic heterocycles. The molecule has 218 valence electrons. The summed E-state index contributed by atoms with van der Waals surface area (Å²) < 4.78 is 6.10. The number of carbonyl (C=O) groups is 1. The van der Waals surface area contributed by atoms with Crippen LogP contribution in [0.4, 0.5) is 5.69 Å². The predicted molar refractivity (Wildman–Crippen MR) is 162 cm³/mol. The summed E-state index contributed by atoms with van der Waals surface area (Å²) in [5.74, 6) is 0.317. The Morgan fingerprint density at radius 3 is 2.15 bits per heavy atom. The number of para-hydroxylation sites is 1. The quantitative estimate of drug-likeness (QED) is 0.0830. The van der Waals surface area contributed by atoms with Gasteiger partial charge in [-0.1, -0.05) is 92.8 Å². The number of hydrogen-bond donors (Lipinski definition) is 4. The number of halogens is 2. The Bertz CT molecular complexity index is 950. The number of aliphatic carboxylic acids is 1. The van der Waals surface area contributed by atoms with Gasteiger partial charge in [-0.25, -0.2) is 0 Å². The van der Waals surface area contributed by atoms with Gasteiger partial charge in [0.1, 0.15) is 5.75 Å². The Morgan fingerprint density at radius 1 is 0.872 bits per heavy atom. The summed E-state index contributed by atoms with van der Waals surface area (Å²) in [6, 6.07) is 11.7. The molecule has 1 atom stereocenters. The van der Waals surface area contributed by atoms with Gasteiger partial charge in [0.25, 0.3) is 0 Å². The van der Waals surface area contributed by atoms with E-state index in [1.165, 1.54) is 31.2 Å². The second kappa shape index (κ2) is 20.0. The molecule has 8 heteroatoms. The molecule has 0 saturated heterocycles. The van der Waals surface area contributed by atoms with E-state index in [0.29, 0.717) is 34.3 Å². The van der Waals surface area contributed by atoms with E-state index in [0.717, 1.165) is 76.7 Å². The lowest BCUT2D eigenvalue weighted by Crippen LogP contribution is -2.22. The standard InChI is InChI=1S/C31H46Cl2N2O4/c32-26-21-25(22-27(33)31(26)34)28(36)23-35-19-13-7-6-9-15-24-16-11-12-17-29(24)39-20-14-8-4-2-1-3-5-10-18-30(37)38/h11-12,16-17,21-22,28,35-36H,1-10,13-15,18-20,23,34H2,(H,37,38). The molecule has 0 heterocycles. The van der Waals surface area contributed by atoms with E-state index in [1.54, 1.807) is 12.1 Å². The summed E-state index contributed by atoms with van der Waals surface area (Å²) in [5.41, 5.74) is 8.03. The van der Waals surface area contributed by atoms with Crippen LogP contribution in [0.1, 0.15) is 101 Å². The van der Waals surface area contributed by atoms with E-state index in [-0.39, 0.29) is 0 Å². The number of hydrogen-bond acceptors (Lipinski definition) is 5. The molecule has 0 spiro atoms. The fourth-order valence-corrected chi connectivity index (χ4v) is 5.05. The van der Waals surface area contributed by atoms with E-state index in [1.807, 2.05) is 6.07 Å². The Labute approximate surface area is 244 Å². The van der Waals surface area contributed by atoms with Gasteiger partial charge in [0.2, 0.25) is 0 Å². The molecule has 2 aromatic rings. The first-order valence-electron chi connectivity index (χ1n) is 14.4. The van der Waals surface area contributed by atoms with Crippen LogP contribution >= 0.6 is 23.2 Å². The fourth-order valence-electron chi connectivity index (χ4n) is 4.54. The van der Waals surface area contributed by atoms with Crippen LogP contribution < -0.4 is 15.8 Å². The van der Waals surface area contributed by atoms with Crippen molar-refractivity contribution in [2.24, 2.45) is 0 Å². The highest BCUT2D eigenvalue weighted by molar-refractivity contribution is 6.38. The first kappa shape index (κ1) is 33.2. The molecule has 2 rings (SSSR count). The maximum atomic E-state index is 10.5. The van der Waals surface area contributed by atoms with Gasteiger partial charge in [-0.15, -0.1) is 0 Å². The van der Waals surface area contributed by atoms with Gasteiger partial charge in [0.15, 0.2) is 0 Å². The number of aliphatic hydroxyl groups excluding tert-OH is 1. The summed E-state index contributed by atoms with van der Waals surface area (Å²) in [5, 5.41) is 23.1. The first-order chi connectivity index (χ1) is 18.9. The number of nitrogen functional groups attached to an aromatic ring is 1. The zero-order chi connectivity index (χ0) is 28.3. The highest BCUT2D eigenvalue weighted by Gasteiger charge is 2.12. The third-order valence-electron chi connectivity index (χ3n) is 6.89. The molecule has 6 nitrogen and oxygen atoms in total. The van der Waals surface area contributed by atoms with Gasteiger partial charge in [0, 0.05) is 13.0 Å². The van der Waals surface area contributed by atoms with Crippen LogP contribution in [0.25, 0.3) is 0 Å². The number of nitrogens with one attached hydrogen (secondary N) is 1. The SMILES string of the molecule is Nc1c(Cl)cc(C(O)CNCCCCCCc2ccccc2OCCCCCCCCCCC(=O)O)cc1Cl. The van der Waals surface area contributed by atoms with Crippen molar-refractivity contribution in [3.8, 4) is 5.75 Å². The number of carboxylic acids is 1. The zero-order valence-electron chi connectivity index (χ0n) is 23.1. The number of rotatable bonds is 22. The highest BCUT2D eigenvalue weighted by Crippen LogP contribution is 2.31. The van der Waals surface area contributed by atoms with Crippen LogP contribution in [-0.4, -0.2) is 35.9 Å². The minimum Gasteiger partial charge on any atom is -0.493 e. The van der Waals surface area contributed by atoms with Crippen molar-refractivity contribution in [3.63, 3.8) is 0 Å². The number of ether oxygens (including phenoxy) is 1. The third kappa shape index (κ3) is 14.3. The smallest absolute Gasteiger partial charge is 0.303 e. The number of carboxylic acid groups (broad SMARTS) is 1. The van der Waals surface area contributed by atoms with Crippen molar-refractivity contribution >= 4 is 34.9 Å². The first-order valence-corrected chi connectivity index (χ1v) is 15.2. The Morgan fingerprint density at radius 2 is 1.46 bits per heavy atom. The molecular weight excluding hydrogens is 535 g/mol. The van der Waals surface area contributed by atoms with Crippen LogP contribution in [0.3, 0.4) is 0 Å². The zero-order valence-corrected chi connectivity index (χ0v) is 24.6. The van der Waals surface area contributed by atoms with Gasteiger partial charge < -0.3 is 26.0 Å². The van der Waals surface area contributed by atoms with E-state index >= 15 is 0 Å². The van der Waals surface area contributed by atoms with Crippen LogP contribution in [0.15, 0.2) is 36.4 Å². The van der Waals surface area contributed by atoms with Crippen LogP contribution in [0.2, 0.25) is 10.0 Å². The molecule has 0 aliphatic carbocycles. The van der Waals surface area contributed by atoms with Crippen molar-refractivity contribution in [1.82, 2.24) is 5.32 Å². The van der Waals surface area contributed by atoms with Crippen molar-refractivity contribution < 1.29 is 19.7 Å². The molecule has 0 saturated carbocycles. The summed E-state index contributed by atoms with van der Waals surface area (Å²) in [7, 11) is 0. The molecule has 0 bridgehead atoms. The molecule has 0 fully saturated rings. The number of anilines is 1. The van der Waals surface area contributed by atoms with Gasteiger partial charge in [-0.2, -0.15) is 0 Å². The lowest BCUT2D eigenvalue weighted by atomic mass is 10.0. The Balaban J connectivity index is 1.50.